The van der Waals surface area contributed by atoms with Crippen LogP contribution in [0.25, 0.3) is 22.4 Å². The van der Waals surface area contributed by atoms with Gasteiger partial charge in [-0.25, -0.2) is 9.97 Å². The van der Waals surface area contributed by atoms with Gasteiger partial charge in [-0.05, 0) is 25.0 Å². The van der Waals surface area contributed by atoms with Crippen molar-refractivity contribution in [3.8, 4) is 11.4 Å². The monoisotopic (exact) mass is 338 g/mol. The first-order valence-electron chi connectivity index (χ1n) is 8.54. The maximum atomic E-state index is 9.80. The quantitative estimate of drug-likeness (QED) is 0.767. The summed E-state index contributed by atoms with van der Waals surface area (Å²) in [5, 5.41) is 15.1. The van der Waals surface area contributed by atoms with Crippen molar-refractivity contribution >= 4 is 16.9 Å². The standard InChI is InChI=1S/C18H22N6O/c1-23(11-18(12-25)6-3-7-18)16-14-10-20-24(2)17(14)22-15(21-16)13-4-8-19-9-5-13/h4-5,8-10,25H,3,6-7,11-12H2,1-2H3. The Morgan fingerprint density at radius 1 is 1.24 bits per heavy atom. The minimum atomic E-state index is -0.00887. The van der Waals surface area contributed by atoms with Gasteiger partial charge in [-0.1, -0.05) is 6.42 Å². The van der Waals surface area contributed by atoms with Crippen molar-refractivity contribution in [3.05, 3.63) is 30.7 Å². The van der Waals surface area contributed by atoms with E-state index in [1.807, 2.05) is 32.4 Å². The Labute approximate surface area is 146 Å². The second kappa shape index (κ2) is 6.07. The molecule has 0 bridgehead atoms. The van der Waals surface area contributed by atoms with E-state index in [1.165, 1.54) is 6.42 Å². The van der Waals surface area contributed by atoms with Crippen LogP contribution < -0.4 is 4.90 Å². The molecule has 25 heavy (non-hydrogen) atoms. The second-order valence-corrected chi connectivity index (χ2v) is 6.98. The highest BCUT2D eigenvalue weighted by Crippen LogP contribution is 2.42. The number of fused-ring (bicyclic) bond motifs is 1. The molecule has 1 aliphatic carbocycles. The zero-order valence-electron chi connectivity index (χ0n) is 14.6. The van der Waals surface area contributed by atoms with Crippen LogP contribution in [0.4, 0.5) is 5.82 Å². The van der Waals surface area contributed by atoms with Crippen molar-refractivity contribution < 1.29 is 5.11 Å². The van der Waals surface area contributed by atoms with E-state index in [4.69, 9.17) is 4.98 Å². The first-order chi connectivity index (χ1) is 12.1. The summed E-state index contributed by atoms with van der Waals surface area (Å²) >= 11 is 0. The molecular weight excluding hydrogens is 316 g/mol. The first-order valence-corrected chi connectivity index (χ1v) is 8.54. The average molecular weight is 338 g/mol. The molecule has 4 rings (SSSR count). The summed E-state index contributed by atoms with van der Waals surface area (Å²) in [6.07, 6.45) is 8.60. The van der Waals surface area contributed by atoms with Gasteiger partial charge in [-0.15, -0.1) is 0 Å². The molecular formula is C18H22N6O. The molecule has 0 spiro atoms. The smallest absolute Gasteiger partial charge is 0.164 e. The van der Waals surface area contributed by atoms with Gasteiger partial charge < -0.3 is 10.0 Å². The molecule has 3 aromatic rings. The number of hydrogen-bond acceptors (Lipinski definition) is 6. The van der Waals surface area contributed by atoms with Gasteiger partial charge in [0.2, 0.25) is 0 Å². The molecule has 1 N–H and O–H groups in total. The molecule has 0 aromatic carbocycles. The van der Waals surface area contributed by atoms with E-state index in [-0.39, 0.29) is 12.0 Å². The highest BCUT2D eigenvalue weighted by atomic mass is 16.3. The predicted octanol–water partition coefficient (Wildman–Crippen LogP) is 2.02. The fourth-order valence-corrected chi connectivity index (χ4v) is 3.55. The van der Waals surface area contributed by atoms with E-state index in [0.29, 0.717) is 5.82 Å². The van der Waals surface area contributed by atoms with E-state index in [2.05, 4.69) is 20.0 Å². The van der Waals surface area contributed by atoms with Crippen LogP contribution in [0.3, 0.4) is 0 Å². The summed E-state index contributed by atoms with van der Waals surface area (Å²) in [7, 11) is 3.91. The molecule has 0 saturated heterocycles. The van der Waals surface area contributed by atoms with Gasteiger partial charge in [-0.3, -0.25) is 9.67 Å². The van der Waals surface area contributed by atoms with Crippen molar-refractivity contribution in [2.45, 2.75) is 19.3 Å². The Kier molecular flexibility index (Phi) is 3.88. The number of anilines is 1. The minimum Gasteiger partial charge on any atom is -0.396 e. The predicted molar refractivity (Wildman–Crippen MR) is 96.2 cm³/mol. The van der Waals surface area contributed by atoms with Gasteiger partial charge in [0, 0.05) is 44.0 Å². The van der Waals surface area contributed by atoms with Crippen LogP contribution in [0.1, 0.15) is 19.3 Å². The Morgan fingerprint density at radius 2 is 2.00 bits per heavy atom. The van der Waals surface area contributed by atoms with Crippen molar-refractivity contribution in [2.75, 3.05) is 25.1 Å². The van der Waals surface area contributed by atoms with Crippen molar-refractivity contribution in [1.29, 1.82) is 0 Å². The Balaban J connectivity index is 1.79. The van der Waals surface area contributed by atoms with Gasteiger partial charge >= 0.3 is 0 Å². The lowest BCUT2D eigenvalue weighted by atomic mass is 9.69. The highest BCUT2D eigenvalue weighted by molar-refractivity contribution is 5.88. The van der Waals surface area contributed by atoms with Crippen LogP contribution in [-0.2, 0) is 7.05 Å². The topological polar surface area (TPSA) is 80.0 Å². The van der Waals surface area contributed by atoms with E-state index in [1.54, 1.807) is 17.1 Å². The van der Waals surface area contributed by atoms with Crippen LogP contribution >= 0.6 is 0 Å². The van der Waals surface area contributed by atoms with Crippen LogP contribution in [0.5, 0.6) is 0 Å². The third kappa shape index (κ3) is 2.74. The molecule has 3 aromatic heterocycles. The Hall–Kier alpha value is -2.54. The summed E-state index contributed by atoms with van der Waals surface area (Å²) in [4.78, 5) is 15.7. The van der Waals surface area contributed by atoms with E-state index in [9.17, 15) is 5.11 Å². The zero-order valence-corrected chi connectivity index (χ0v) is 14.6. The number of hydrogen-bond donors (Lipinski definition) is 1. The summed E-state index contributed by atoms with van der Waals surface area (Å²) in [5.74, 6) is 1.51. The number of rotatable bonds is 5. The van der Waals surface area contributed by atoms with Crippen LogP contribution in [-0.4, -0.2) is 50.0 Å². The molecule has 0 unspecified atom stereocenters. The third-order valence-electron chi connectivity index (χ3n) is 5.19. The molecule has 0 aliphatic heterocycles. The first kappa shape index (κ1) is 16.0. The van der Waals surface area contributed by atoms with Gasteiger partial charge in [0.15, 0.2) is 11.5 Å². The molecule has 7 nitrogen and oxygen atoms in total. The number of aromatic nitrogens is 5. The van der Waals surface area contributed by atoms with E-state index < -0.39 is 0 Å². The SMILES string of the molecule is CN(CC1(CO)CCC1)c1nc(-c2ccncc2)nc2c1cnn2C. The lowest BCUT2D eigenvalue weighted by Gasteiger charge is -2.43. The van der Waals surface area contributed by atoms with Gasteiger partial charge in [0.25, 0.3) is 0 Å². The van der Waals surface area contributed by atoms with Crippen LogP contribution in [0.2, 0.25) is 0 Å². The molecule has 1 aliphatic rings. The number of aryl methyl sites for hydroxylation is 1. The Morgan fingerprint density at radius 3 is 2.64 bits per heavy atom. The number of aliphatic hydroxyl groups is 1. The molecule has 1 saturated carbocycles. The molecule has 3 heterocycles. The summed E-state index contributed by atoms with van der Waals surface area (Å²) in [6.45, 7) is 0.996. The third-order valence-corrected chi connectivity index (χ3v) is 5.19. The minimum absolute atomic E-state index is 0.00887. The van der Waals surface area contributed by atoms with E-state index >= 15 is 0 Å². The van der Waals surface area contributed by atoms with Crippen molar-refractivity contribution in [2.24, 2.45) is 12.5 Å². The molecule has 0 radical (unpaired) electrons. The maximum absolute atomic E-state index is 9.80. The van der Waals surface area contributed by atoms with E-state index in [0.717, 1.165) is 41.8 Å². The summed E-state index contributed by atoms with van der Waals surface area (Å²) < 4.78 is 1.77. The van der Waals surface area contributed by atoms with Crippen molar-refractivity contribution in [1.82, 2.24) is 24.7 Å². The fraction of sp³-hybridized carbons (Fsp3) is 0.444. The molecule has 1 fully saturated rings. The largest absolute Gasteiger partial charge is 0.396 e. The fourth-order valence-electron chi connectivity index (χ4n) is 3.55. The normalized spacial score (nSPS) is 16.0. The van der Waals surface area contributed by atoms with Crippen molar-refractivity contribution in [3.63, 3.8) is 0 Å². The summed E-state index contributed by atoms with van der Waals surface area (Å²) in [6, 6.07) is 3.81. The second-order valence-electron chi connectivity index (χ2n) is 6.98. The molecule has 130 valence electrons. The Bertz CT molecular complexity index is 882. The van der Waals surface area contributed by atoms with Gasteiger partial charge in [0.1, 0.15) is 5.82 Å². The lowest BCUT2D eigenvalue weighted by molar-refractivity contribution is 0.0523. The van der Waals surface area contributed by atoms with Gasteiger partial charge in [0.05, 0.1) is 18.2 Å². The summed E-state index contributed by atoms with van der Waals surface area (Å²) in [5.41, 5.74) is 1.72. The van der Waals surface area contributed by atoms with Gasteiger partial charge in [-0.2, -0.15) is 5.10 Å². The lowest BCUT2D eigenvalue weighted by Crippen LogP contribution is -2.43. The molecule has 7 heteroatoms. The number of nitrogens with zero attached hydrogens (tertiary/aromatic N) is 6. The number of aliphatic hydroxyl groups excluding tert-OH is 1. The van der Waals surface area contributed by atoms with Crippen LogP contribution in [0, 0.1) is 5.41 Å². The highest BCUT2D eigenvalue weighted by Gasteiger charge is 2.38. The van der Waals surface area contributed by atoms with Crippen LogP contribution in [0.15, 0.2) is 30.7 Å². The zero-order chi connectivity index (χ0) is 17.4. The molecule has 0 atom stereocenters. The average Bonchev–Trinajstić information content (AvgIpc) is 2.99. The number of pyridine rings is 1. The maximum Gasteiger partial charge on any atom is 0.164 e. The molecule has 0 amide bonds.